The minimum Gasteiger partial charge on any atom is -0.383 e. The van der Waals surface area contributed by atoms with Crippen molar-refractivity contribution in [2.24, 2.45) is 0 Å². The Labute approximate surface area is 88.3 Å². The van der Waals surface area contributed by atoms with Crippen molar-refractivity contribution in [3.63, 3.8) is 0 Å². The molecular weight excluding hydrogens is 198 g/mol. The molecule has 0 saturated carbocycles. The third-order valence-electron chi connectivity index (χ3n) is 2.46. The zero-order valence-corrected chi connectivity index (χ0v) is 8.60. The lowest BCUT2D eigenvalue weighted by Crippen LogP contribution is -2.06. The summed E-state index contributed by atoms with van der Waals surface area (Å²) in [6, 6.07) is 5.94. The van der Waals surface area contributed by atoms with Gasteiger partial charge < -0.3 is 5.32 Å². The lowest BCUT2D eigenvalue weighted by Gasteiger charge is -2.08. The highest BCUT2D eigenvalue weighted by atomic mass is 35.5. The van der Waals surface area contributed by atoms with Crippen LogP contribution in [0.1, 0.15) is 22.3 Å². The lowest BCUT2D eigenvalue weighted by molar-refractivity contribution is 0.0995. The number of hydrogen-bond acceptors (Lipinski definition) is 2. The van der Waals surface area contributed by atoms with Gasteiger partial charge >= 0.3 is 0 Å². The van der Waals surface area contributed by atoms with Crippen LogP contribution >= 0.6 is 11.6 Å². The second kappa shape index (κ2) is 4.01. The Morgan fingerprint density at radius 3 is 3.00 bits per heavy atom. The van der Waals surface area contributed by atoms with Crippen molar-refractivity contribution in [2.75, 3.05) is 17.7 Å². The van der Waals surface area contributed by atoms with Gasteiger partial charge in [0.05, 0.1) is 0 Å². The predicted molar refractivity (Wildman–Crippen MR) is 58.3 cm³/mol. The van der Waals surface area contributed by atoms with Crippen LogP contribution in [0.2, 0.25) is 0 Å². The number of carbonyl (C=O) groups excluding carboxylic acids is 1. The van der Waals surface area contributed by atoms with Gasteiger partial charge in [0.25, 0.3) is 0 Å². The van der Waals surface area contributed by atoms with E-state index in [4.69, 9.17) is 11.6 Å². The largest absolute Gasteiger partial charge is 0.383 e. The molecule has 0 amide bonds. The Hall–Kier alpha value is -1.02. The molecule has 0 atom stereocenters. The summed E-state index contributed by atoms with van der Waals surface area (Å²) < 4.78 is 0. The number of fused-ring (bicyclic) bond motifs is 1. The smallest absolute Gasteiger partial charge is 0.165 e. The molecular formula is C11H12ClNO. The molecule has 1 aliphatic rings. The van der Waals surface area contributed by atoms with Crippen LogP contribution in [0.15, 0.2) is 18.2 Å². The number of carbonyl (C=O) groups is 1. The van der Waals surface area contributed by atoms with Crippen molar-refractivity contribution in [1.29, 1.82) is 0 Å². The van der Waals surface area contributed by atoms with E-state index in [-0.39, 0.29) is 5.78 Å². The predicted octanol–water partition coefficient (Wildman–Crippen LogP) is 2.47. The highest BCUT2D eigenvalue weighted by Gasteiger charge is 2.21. The second-order valence-corrected chi connectivity index (χ2v) is 3.76. The van der Waals surface area contributed by atoms with Gasteiger partial charge in [0.2, 0.25) is 0 Å². The summed E-state index contributed by atoms with van der Waals surface area (Å²) in [6.07, 6.45) is 1.53. The third-order valence-corrected chi connectivity index (χ3v) is 2.65. The van der Waals surface area contributed by atoms with Crippen molar-refractivity contribution in [3.05, 3.63) is 29.3 Å². The van der Waals surface area contributed by atoms with E-state index in [2.05, 4.69) is 5.32 Å². The maximum Gasteiger partial charge on any atom is 0.165 e. The SMILES string of the molecule is O=C1CCc2cccc(NCCCl)c21. The van der Waals surface area contributed by atoms with Crippen LogP contribution in [0, 0.1) is 0 Å². The van der Waals surface area contributed by atoms with Crippen LogP contribution in [0.25, 0.3) is 0 Å². The number of Topliss-reactive ketones (excluding diaryl/α,β-unsaturated/α-hetero) is 1. The van der Waals surface area contributed by atoms with Gasteiger partial charge in [0, 0.05) is 30.1 Å². The molecule has 1 N–H and O–H groups in total. The minimum atomic E-state index is 0.248. The summed E-state index contributed by atoms with van der Waals surface area (Å²) in [5.41, 5.74) is 2.97. The molecule has 1 aromatic carbocycles. The molecule has 3 heteroatoms. The number of halogens is 1. The fraction of sp³-hybridized carbons (Fsp3) is 0.364. The molecule has 0 spiro atoms. The van der Waals surface area contributed by atoms with Crippen LogP contribution in [0.5, 0.6) is 0 Å². The highest BCUT2D eigenvalue weighted by molar-refractivity contribution is 6.18. The normalized spacial score (nSPS) is 14.2. The molecule has 1 aliphatic carbocycles. The molecule has 0 aliphatic heterocycles. The number of alkyl halides is 1. The topological polar surface area (TPSA) is 29.1 Å². The summed E-state index contributed by atoms with van der Waals surface area (Å²) in [6.45, 7) is 0.700. The Morgan fingerprint density at radius 1 is 1.36 bits per heavy atom. The Kier molecular flexibility index (Phi) is 2.73. The van der Waals surface area contributed by atoms with Crippen LogP contribution in [-0.2, 0) is 6.42 Å². The minimum absolute atomic E-state index is 0.248. The van der Waals surface area contributed by atoms with E-state index >= 15 is 0 Å². The molecule has 2 nitrogen and oxygen atoms in total. The number of anilines is 1. The third kappa shape index (κ3) is 1.62. The maximum absolute atomic E-state index is 11.6. The molecule has 0 saturated heterocycles. The standard InChI is InChI=1S/C11H12ClNO/c12-6-7-13-9-3-1-2-8-4-5-10(14)11(8)9/h1-3,13H,4-7H2. The van der Waals surface area contributed by atoms with Crippen LogP contribution in [0.3, 0.4) is 0 Å². The van der Waals surface area contributed by atoms with Gasteiger partial charge in [-0.15, -0.1) is 11.6 Å². The first kappa shape index (κ1) is 9.53. The van der Waals surface area contributed by atoms with Gasteiger partial charge in [0.15, 0.2) is 5.78 Å². The summed E-state index contributed by atoms with van der Waals surface area (Å²) in [5.74, 6) is 0.801. The van der Waals surface area contributed by atoms with Crippen molar-refractivity contribution in [2.45, 2.75) is 12.8 Å². The maximum atomic E-state index is 11.6. The number of hydrogen-bond donors (Lipinski definition) is 1. The van der Waals surface area contributed by atoms with Crippen LogP contribution in [0.4, 0.5) is 5.69 Å². The first-order valence-electron chi connectivity index (χ1n) is 4.78. The van der Waals surface area contributed by atoms with Crippen LogP contribution in [-0.4, -0.2) is 18.2 Å². The molecule has 14 heavy (non-hydrogen) atoms. The molecule has 0 bridgehead atoms. The Morgan fingerprint density at radius 2 is 2.21 bits per heavy atom. The fourth-order valence-corrected chi connectivity index (χ4v) is 1.93. The van der Waals surface area contributed by atoms with Crippen molar-refractivity contribution >= 4 is 23.1 Å². The summed E-state index contributed by atoms with van der Waals surface area (Å²) in [5, 5.41) is 3.17. The number of ketones is 1. The van der Waals surface area contributed by atoms with Crippen molar-refractivity contribution in [3.8, 4) is 0 Å². The van der Waals surface area contributed by atoms with Gasteiger partial charge in [-0.1, -0.05) is 12.1 Å². The van der Waals surface area contributed by atoms with Gasteiger partial charge in [0.1, 0.15) is 0 Å². The molecule has 2 rings (SSSR count). The first-order valence-corrected chi connectivity index (χ1v) is 5.31. The van der Waals surface area contributed by atoms with E-state index in [1.807, 2.05) is 18.2 Å². The molecule has 0 fully saturated rings. The van der Waals surface area contributed by atoms with Gasteiger partial charge in [-0.3, -0.25) is 4.79 Å². The van der Waals surface area contributed by atoms with E-state index in [0.717, 1.165) is 23.2 Å². The van der Waals surface area contributed by atoms with Crippen molar-refractivity contribution < 1.29 is 4.79 Å². The van der Waals surface area contributed by atoms with E-state index in [9.17, 15) is 4.79 Å². The van der Waals surface area contributed by atoms with Gasteiger partial charge in [-0.05, 0) is 18.1 Å². The van der Waals surface area contributed by atoms with Gasteiger partial charge in [-0.25, -0.2) is 0 Å². The molecule has 1 aromatic rings. The average molecular weight is 210 g/mol. The summed E-state index contributed by atoms with van der Waals surface area (Å²) in [7, 11) is 0. The average Bonchev–Trinajstić information content (AvgIpc) is 2.58. The lowest BCUT2D eigenvalue weighted by atomic mass is 10.1. The zero-order chi connectivity index (χ0) is 9.97. The quantitative estimate of drug-likeness (QED) is 0.775. The molecule has 74 valence electrons. The van der Waals surface area contributed by atoms with E-state index in [0.29, 0.717) is 18.8 Å². The summed E-state index contributed by atoms with van der Waals surface area (Å²) >= 11 is 5.59. The second-order valence-electron chi connectivity index (χ2n) is 3.38. The van der Waals surface area contributed by atoms with E-state index in [1.165, 1.54) is 0 Å². The Balaban J connectivity index is 2.32. The number of rotatable bonds is 3. The fourth-order valence-electron chi connectivity index (χ4n) is 1.84. The number of nitrogens with one attached hydrogen (secondary N) is 1. The van der Waals surface area contributed by atoms with E-state index < -0.39 is 0 Å². The molecule has 0 unspecified atom stereocenters. The van der Waals surface area contributed by atoms with E-state index in [1.54, 1.807) is 0 Å². The Bertz CT molecular complexity index is 362. The number of benzene rings is 1. The van der Waals surface area contributed by atoms with Crippen molar-refractivity contribution in [1.82, 2.24) is 0 Å². The monoisotopic (exact) mass is 209 g/mol. The molecule has 0 aromatic heterocycles. The molecule has 0 heterocycles. The highest BCUT2D eigenvalue weighted by Crippen LogP contribution is 2.28. The summed E-state index contributed by atoms with van der Waals surface area (Å²) in [4.78, 5) is 11.6. The first-order chi connectivity index (χ1) is 6.83. The zero-order valence-electron chi connectivity index (χ0n) is 7.85. The molecule has 0 radical (unpaired) electrons. The number of aryl methyl sites for hydroxylation is 1. The van der Waals surface area contributed by atoms with Crippen LogP contribution < -0.4 is 5.32 Å². The van der Waals surface area contributed by atoms with Gasteiger partial charge in [-0.2, -0.15) is 0 Å².